The minimum atomic E-state index is -1.39. The van der Waals surface area contributed by atoms with Crippen molar-refractivity contribution in [1.82, 2.24) is 0 Å². The van der Waals surface area contributed by atoms with Crippen molar-refractivity contribution in [3.8, 4) is 0 Å². The van der Waals surface area contributed by atoms with Crippen LogP contribution in [0.25, 0.3) is 0 Å². The molecule has 2 atom stereocenters. The van der Waals surface area contributed by atoms with Gasteiger partial charge in [-0.3, -0.25) is 14.4 Å². The summed E-state index contributed by atoms with van der Waals surface area (Å²) in [4.78, 5) is 40.2. The van der Waals surface area contributed by atoms with Crippen molar-refractivity contribution in [2.45, 2.75) is 5.92 Å². The topological polar surface area (TPSA) is 51.2 Å². The van der Waals surface area contributed by atoms with Crippen LogP contribution in [0.3, 0.4) is 0 Å². The van der Waals surface area contributed by atoms with Gasteiger partial charge in [0.1, 0.15) is 5.41 Å². The van der Waals surface area contributed by atoms with Gasteiger partial charge in [-0.2, -0.15) is 0 Å². The zero-order valence-corrected chi connectivity index (χ0v) is 15.5. The third kappa shape index (κ3) is 2.08. The molecular weight excluding hydrogens is 372 g/mol. The Bertz CT molecular complexity index is 1110. The summed E-state index contributed by atoms with van der Waals surface area (Å²) in [6.45, 7) is 0. The van der Waals surface area contributed by atoms with Crippen molar-refractivity contribution in [3.05, 3.63) is 106 Å². The molecule has 1 spiro atoms. The second-order valence-corrected chi connectivity index (χ2v) is 7.69. The van der Waals surface area contributed by atoms with Crippen molar-refractivity contribution >= 4 is 29.0 Å². The number of carbonyl (C=O) groups excluding carboxylic acids is 3. The van der Waals surface area contributed by atoms with Gasteiger partial charge in [-0.1, -0.05) is 84.4 Å². The van der Waals surface area contributed by atoms with E-state index in [0.717, 1.165) is 0 Å². The fourth-order valence-corrected chi connectivity index (χ4v) is 4.93. The lowest BCUT2D eigenvalue weighted by Crippen LogP contribution is -2.23. The highest BCUT2D eigenvalue weighted by molar-refractivity contribution is 6.36. The van der Waals surface area contributed by atoms with E-state index in [0.29, 0.717) is 27.3 Å². The Balaban J connectivity index is 1.70. The molecule has 2 aliphatic carbocycles. The quantitative estimate of drug-likeness (QED) is 0.470. The normalized spacial score (nSPS) is 21.6. The minimum absolute atomic E-state index is 0.194. The van der Waals surface area contributed by atoms with Gasteiger partial charge in [-0.05, 0) is 11.6 Å². The molecule has 28 heavy (non-hydrogen) atoms. The zero-order valence-electron chi connectivity index (χ0n) is 14.8. The first-order valence-corrected chi connectivity index (χ1v) is 9.48. The van der Waals surface area contributed by atoms with E-state index in [-0.39, 0.29) is 17.3 Å². The number of Topliss-reactive ketones (excluding diaryl/α,β-unsaturated/α-hetero) is 3. The summed E-state index contributed by atoms with van der Waals surface area (Å²) < 4.78 is 0. The number of hydrogen-bond donors (Lipinski definition) is 0. The van der Waals surface area contributed by atoms with E-state index in [2.05, 4.69) is 0 Å². The standard InChI is InChI=1S/C24H15ClO3/c25-18-13-7-6-12-17(18)19-20(21(26)14-8-2-1-3-9-14)24(19)22(27)15-10-4-5-11-16(15)23(24)28/h1-13,19-20H/t19-,20+/m0/s1. The molecule has 0 bridgehead atoms. The molecule has 0 aromatic heterocycles. The summed E-state index contributed by atoms with van der Waals surface area (Å²) in [5, 5.41) is 0.465. The number of rotatable bonds is 3. The molecule has 0 heterocycles. The molecule has 0 N–H and O–H groups in total. The van der Waals surface area contributed by atoms with Crippen molar-refractivity contribution in [1.29, 1.82) is 0 Å². The number of benzene rings is 3. The molecule has 3 aromatic rings. The lowest BCUT2D eigenvalue weighted by Gasteiger charge is -2.07. The Morgan fingerprint density at radius 2 is 1.29 bits per heavy atom. The number of hydrogen-bond acceptors (Lipinski definition) is 3. The Morgan fingerprint density at radius 1 is 0.750 bits per heavy atom. The second-order valence-electron chi connectivity index (χ2n) is 7.28. The zero-order chi connectivity index (χ0) is 19.5. The third-order valence-electron chi connectivity index (χ3n) is 5.95. The average molecular weight is 387 g/mol. The second kappa shape index (κ2) is 5.98. The van der Waals surface area contributed by atoms with E-state index in [1.165, 1.54) is 0 Å². The summed E-state index contributed by atoms with van der Waals surface area (Å²) in [5.74, 6) is -2.04. The van der Waals surface area contributed by atoms with Gasteiger partial charge in [-0.25, -0.2) is 0 Å². The van der Waals surface area contributed by atoms with Crippen LogP contribution in [0.4, 0.5) is 0 Å². The lowest BCUT2D eigenvalue weighted by atomic mass is 9.91. The predicted octanol–water partition coefficient (Wildman–Crippen LogP) is 5.00. The smallest absolute Gasteiger partial charge is 0.178 e. The van der Waals surface area contributed by atoms with E-state index in [9.17, 15) is 14.4 Å². The monoisotopic (exact) mass is 386 g/mol. The summed E-state index contributed by atoms with van der Waals surface area (Å²) in [6.07, 6.45) is 0. The van der Waals surface area contributed by atoms with Gasteiger partial charge in [0.05, 0.1) is 5.92 Å². The van der Waals surface area contributed by atoms with E-state index in [4.69, 9.17) is 11.6 Å². The third-order valence-corrected chi connectivity index (χ3v) is 6.30. The summed E-state index contributed by atoms with van der Waals surface area (Å²) in [5.41, 5.74) is 0.577. The van der Waals surface area contributed by atoms with E-state index in [1.54, 1.807) is 66.7 Å². The van der Waals surface area contributed by atoms with Crippen LogP contribution in [0, 0.1) is 11.3 Å². The molecule has 0 aliphatic heterocycles. The molecule has 0 amide bonds. The summed E-state index contributed by atoms with van der Waals surface area (Å²) >= 11 is 6.41. The molecule has 5 rings (SSSR count). The SMILES string of the molecule is O=C(c1ccccc1)[C@H]1[C@H](c2ccccc2Cl)C12C(=O)c1ccccc1C2=O. The summed E-state index contributed by atoms with van der Waals surface area (Å²) in [6, 6.07) is 22.8. The highest BCUT2D eigenvalue weighted by Crippen LogP contribution is 2.71. The molecule has 2 aliphatic rings. The Morgan fingerprint density at radius 3 is 1.89 bits per heavy atom. The molecule has 0 unspecified atom stereocenters. The molecule has 3 aromatic carbocycles. The van der Waals surface area contributed by atoms with E-state index < -0.39 is 17.3 Å². The molecule has 0 radical (unpaired) electrons. The summed E-state index contributed by atoms with van der Waals surface area (Å²) in [7, 11) is 0. The number of fused-ring (bicyclic) bond motifs is 1. The molecule has 3 nitrogen and oxygen atoms in total. The van der Waals surface area contributed by atoms with Gasteiger partial charge >= 0.3 is 0 Å². The highest BCUT2D eigenvalue weighted by atomic mass is 35.5. The van der Waals surface area contributed by atoms with Gasteiger partial charge in [0, 0.05) is 27.6 Å². The number of halogens is 1. The lowest BCUT2D eigenvalue weighted by molar-refractivity contribution is 0.0764. The van der Waals surface area contributed by atoms with Crippen molar-refractivity contribution < 1.29 is 14.4 Å². The van der Waals surface area contributed by atoms with Crippen LogP contribution in [0.1, 0.15) is 42.6 Å². The minimum Gasteiger partial charge on any atom is -0.294 e. The fourth-order valence-electron chi connectivity index (χ4n) is 4.67. The largest absolute Gasteiger partial charge is 0.294 e. The van der Waals surface area contributed by atoms with Crippen molar-refractivity contribution in [2.24, 2.45) is 11.3 Å². The van der Waals surface area contributed by atoms with Gasteiger partial charge in [0.25, 0.3) is 0 Å². The van der Waals surface area contributed by atoms with E-state index >= 15 is 0 Å². The number of carbonyl (C=O) groups is 3. The van der Waals surface area contributed by atoms with Gasteiger partial charge in [0.2, 0.25) is 0 Å². The maximum atomic E-state index is 13.4. The first kappa shape index (κ1) is 17.1. The van der Waals surface area contributed by atoms with Crippen LogP contribution in [-0.2, 0) is 0 Å². The fraction of sp³-hybridized carbons (Fsp3) is 0.125. The van der Waals surface area contributed by atoms with Crippen LogP contribution in [0.5, 0.6) is 0 Å². The molecule has 4 heteroatoms. The number of ketones is 3. The van der Waals surface area contributed by atoms with Crippen molar-refractivity contribution in [2.75, 3.05) is 0 Å². The van der Waals surface area contributed by atoms with Crippen LogP contribution < -0.4 is 0 Å². The first-order valence-electron chi connectivity index (χ1n) is 9.10. The van der Waals surface area contributed by atoms with Crippen molar-refractivity contribution in [3.63, 3.8) is 0 Å². The average Bonchev–Trinajstić information content (AvgIpc) is 3.38. The Labute approximate surface area is 167 Å². The molecule has 1 fully saturated rings. The molecule has 1 saturated carbocycles. The van der Waals surface area contributed by atoms with E-state index in [1.807, 2.05) is 12.1 Å². The Kier molecular flexibility index (Phi) is 3.65. The van der Waals surface area contributed by atoms with Crippen LogP contribution in [0.15, 0.2) is 78.9 Å². The maximum absolute atomic E-state index is 13.4. The molecular formula is C24H15ClO3. The van der Waals surface area contributed by atoms with Crippen LogP contribution in [-0.4, -0.2) is 17.3 Å². The predicted molar refractivity (Wildman–Crippen MR) is 106 cm³/mol. The van der Waals surface area contributed by atoms with Gasteiger partial charge in [0.15, 0.2) is 17.3 Å². The molecule has 136 valence electrons. The van der Waals surface area contributed by atoms with Gasteiger partial charge in [-0.15, -0.1) is 0 Å². The highest BCUT2D eigenvalue weighted by Gasteiger charge is 2.79. The Hall–Kier alpha value is -3.04. The molecule has 0 saturated heterocycles. The maximum Gasteiger partial charge on any atom is 0.178 e. The van der Waals surface area contributed by atoms with Crippen LogP contribution in [0.2, 0.25) is 5.02 Å². The first-order chi connectivity index (χ1) is 13.6. The van der Waals surface area contributed by atoms with Gasteiger partial charge < -0.3 is 0 Å². The van der Waals surface area contributed by atoms with Crippen LogP contribution >= 0.6 is 11.6 Å².